The molecule has 2 N–H and O–H groups in total. The first kappa shape index (κ1) is 26.8. The van der Waals surface area contributed by atoms with Crippen molar-refractivity contribution in [1.82, 2.24) is 15.5 Å². The number of hydrogen-bond donors (Lipinski definition) is 2. The molecule has 0 aromatic carbocycles. The second kappa shape index (κ2) is 13.2. The molecule has 2 heterocycles. The van der Waals surface area contributed by atoms with Gasteiger partial charge in [0.05, 0.1) is 25.8 Å². The van der Waals surface area contributed by atoms with Crippen molar-refractivity contribution in [2.24, 2.45) is 4.99 Å². The van der Waals surface area contributed by atoms with Crippen molar-refractivity contribution in [2.45, 2.75) is 45.4 Å². The number of ether oxygens (including phenoxy) is 1. The van der Waals surface area contributed by atoms with Crippen molar-refractivity contribution in [1.29, 1.82) is 0 Å². The van der Waals surface area contributed by atoms with Crippen LogP contribution < -0.4 is 10.6 Å². The topological polar surface area (TPSA) is 66.0 Å². The molecule has 0 bridgehead atoms. The maximum Gasteiger partial charge on any atom is 0.191 e. The monoisotopic (exact) mass is 556 g/mol. The van der Waals surface area contributed by atoms with Crippen molar-refractivity contribution in [3.05, 3.63) is 21.9 Å². The molecule has 0 amide bonds. The number of guanidine groups is 1. The molecular weight excluding hydrogens is 519 g/mol. The van der Waals surface area contributed by atoms with Gasteiger partial charge in [0.25, 0.3) is 0 Å². The van der Waals surface area contributed by atoms with Crippen LogP contribution in [0.4, 0.5) is 0 Å². The van der Waals surface area contributed by atoms with Crippen LogP contribution in [0.25, 0.3) is 0 Å². The molecule has 168 valence electrons. The van der Waals surface area contributed by atoms with E-state index in [1.807, 2.05) is 32.1 Å². The maximum atomic E-state index is 12.3. The predicted molar refractivity (Wildman–Crippen MR) is 136 cm³/mol. The molecule has 1 saturated heterocycles. The van der Waals surface area contributed by atoms with Crippen LogP contribution in [0.5, 0.6) is 0 Å². The molecule has 1 aromatic heterocycles. The smallest absolute Gasteiger partial charge is 0.191 e. The minimum atomic E-state index is -0.867. The largest absolute Gasteiger partial charge is 0.379 e. The van der Waals surface area contributed by atoms with E-state index in [1.165, 1.54) is 9.75 Å². The van der Waals surface area contributed by atoms with E-state index in [0.29, 0.717) is 18.8 Å². The van der Waals surface area contributed by atoms with Crippen LogP contribution in [-0.2, 0) is 15.5 Å². The molecule has 29 heavy (non-hydrogen) atoms. The molecule has 6 nitrogen and oxygen atoms in total. The average molecular weight is 557 g/mol. The van der Waals surface area contributed by atoms with Gasteiger partial charge < -0.3 is 15.4 Å². The molecule has 0 saturated carbocycles. The van der Waals surface area contributed by atoms with Gasteiger partial charge >= 0.3 is 0 Å². The lowest BCUT2D eigenvalue weighted by molar-refractivity contribution is 0.0186. The Labute approximate surface area is 199 Å². The number of aliphatic imine (C=N–C) groups is 1. The highest BCUT2D eigenvalue weighted by atomic mass is 127. The summed E-state index contributed by atoms with van der Waals surface area (Å²) in [5.74, 6) is 1.41. The zero-order chi connectivity index (χ0) is 20.6. The molecule has 1 aliphatic rings. The first-order chi connectivity index (χ1) is 13.3. The van der Waals surface area contributed by atoms with Gasteiger partial charge in [0.2, 0.25) is 0 Å². The third-order valence-electron chi connectivity index (χ3n) is 4.61. The molecule has 2 rings (SSSR count). The quantitative estimate of drug-likeness (QED) is 0.293. The Hall–Kier alpha value is -0.230. The number of hydrogen-bond acceptors (Lipinski definition) is 5. The highest BCUT2D eigenvalue weighted by Crippen LogP contribution is 2.28. The highest BCUT2D eigenvalue weighted by molar-refractivity contribution is 14.0. The predicted octanol–water partition coefficient (Wildman–Crippen LogP) is 3.15. The van der Waals surface area contributed by atoms with Gasteiger partial charge in [-0.25, -0.2) is 0 Å². The Kier molecular flexibility index (Phi) is 12.2. The third kappa shape index (κ3) is 9.20. The number of rotatable bonds is 8. The van der Waals surface area contributed by atoms with Crippen LogP contribution >= 0.6 is 35.3 Å². The van der Waals surface area contributed by atoms with Gasteiger partial charge in [-0.3, -0.25) is 14.1 Å². The fraction of sp³-hybridized carbons (Fsp3) is 0.750. The number of aryl methyl sites for hydroxylation is 1. The Morgan fingerprint density at radius 3 is 2.55 bits per heavy atom. The van der Waals surface area contributed by atoms with Crippen LogP contribution in [0.15, 0.2) is 17.1 Å². The van der Waals surface area contributed by atoms with E-state index in [-0.39, 0.29) is 34.8 Å². The third-order valence-corrected chi connectivity index (χ3v) is 7.65. The maximum absolute atomic E-state index is 12.3. The Bertz CT molecular complexity index is 655. The first-order valence-corrected chi connectivity index (χ1v) is 12.2. The van der Waals surface area contributed by atoms with Gasteiger partial charge in [0.1, 0.15) is 0 Å². The molecule has 0 aliphatic carbocycles. The summed E-state index contributed by atoms with van der Waals surface area (Å²) in [5, 5.41) is 6.65. The second-order valence-electron chi connectivity index (χ2n) is 7.92. The summed E-state index contributed by atoms with van der Waals surface area (Å²) >= 11 is 1.85. The van der Waals surface area contributed by atoms with Crippen molar-refractivity contribution < 1.29 is 8.95 Å². The van der Waals surface area contributed by atoms with E-state index < -0.39 is 10.8 Å². The zero-order valence-corrected chi connectivity index (χ0v) is 22.3. The normalized spacial score (nSPS) is 18.0. The van der Waals surface area contributed by atoms with Gasteiger partial charge in [-0.2, -0.15) is 0 Å². The van der Waals surface area contributed by atoms with E-state index in [4.69, 9.17) is 9.73 Å². The zero-order valence-electron chi connectivity index (χ0n) is 18.3. The standard InChI is InChI=1S/C20H36N4O2S2.HI/c1-6-21-19(22-9-14-28(25)20(3,4)5)23-15-17(18-8-7-16(2)27-18)24-10-12-26-13-11-24;/h7-8,17H,6,9-15H2,1-5H3,(H2,21,22,23);1H. The van der Waals surface area contributed by atoms with Gasteiger partial charge in [-0.15, -0.1) is 35.3 Å². The summed E-state index contributed by atoms with van der Waals surface area (Å²) in [7, 11) is -0.867. The summed E-state index contributed by atoms with van der Waals surface area (Å²) < 4.78 is 17.6. The van der Waals surface area contributed by atoms with Crippen LogP contribution in [0, 0.1) is 6.92 Å². The van der Waals surface area contributed by atoms with Crippen LogP contribution in [-0.4, -0.2) is 71.5 Å². The van der Waals surface area contributed by atoms with E-state index >= 15 is 0 Å². The van der Waals surface area contributed by atoms with E-state index in [1.54, 1.807) is 0 Å². The molecule has 0 spiro atoms. The minimum Gasteiger partial charge on any atom is -0.379 e. The van der Waals surface area contributed by atoms with E-state index in [0.717, 1.165) is 38.8 Å². The van der Waals surface area contributed by atoms with Crippen molar-refractivity contribution in [2.75, 3.05) is 51.7 Å². The van der Waals surface area contributed by atoms with Gasteiger partial charge in [-0.1, -0.05) is 0 Å². The fourth-order valence-electron chi connectivity index (χ4n) is 2.99. The Morgan fingerprint density at radius 2 is 2.00 bits per heavy atom. The summed E-state index contributed by atoms with van der Waals surface area (Å²) in [6.45, 7) is 15.8. The molecule has 2 atom stereocenters. The van der Waals surface area contributed by atoms with Crippen molar-refractivity contribution >= 4 is 52.1 Å². The summed E-state index contributed by atoms with van der Waals surface area (Å²) in [4.78, 5) is 10.0. The Morgan fingerprint density at radius 1 is 1.31 bits per heavy atom. The number of halogens is 1. The van der Waals surface area contributed by atoms with Crippen LogP contribution in [0.1, 0.15) is 43.5 Å². The number of nitrogens with zero attached hydrogens (tertiary/aromatic N) is 2. The Balaban J connectivity index is 0.00000420. The minimum absolute atomic E-state index is 0. The van der Waals surface area contributed by atoms with Crippen molar-refractivity contribution in [3.8, 4) is 0 Å². The van der Waals surface area contributed by atoms with Gasteiger partial charge in [0.15, 0.2) is 5.96 Å². The summed E-state index contributed by atoms with van der Waals surface area (Å²) in [6, 6.07) is 4.67. The van der Waals surface area contributed by atoms with Gasteiger partial charge in [0, 0.05) is 57.2 Å². The van der Waals surface area contributed by atoms with Crippen LogP contribution in [0.2, 0.25) is 0 Å². The molecular formula is C20H37IN4O2S2. The molecule has 1 aliphatic heterocycles. The van der Waals surface area contributed by atoms with Crippen LogP contribution in [0.3, 0.4) is 0 Å². The molecule has 1 aromatic rings. The number of nitrogens with one attached hydrogen (secondary N) is 2. The van der Waals surface area contributed by atoms with Gasteiger partial charge in [-0.05, 0) is 46.8 Å². The average Bonchev–Trinajstić information content (AvgIpc) is 3.08. The summed E-state index contributed by atoms with van der Waals surface area (Å²) in [5.41, 5.74) is 0. The molecule has 2 unspecified atom stereocenters. The fourth-order valence-corrected chi connectivity index (χ4v) is 4.90. The first-order valence-electron chi connectivity index (χ1n) is 10.1. The molecule has 0 radical (unpaired) electrons. The second-order valence-corrected chi connectivity index (χ2v) is 11.6. The summed E-state index contributed by atoms with van der Waals surface area (Å²) in [6.07, 6.45) is 0. The van der Waals surface area contributed by atoms with E-state index in [9.17, 15) is 4.21 Å². The SMILES string of the molecule is CCNC(=NCC(c1ccc(C)s1)N1CCOCC1)NCCS(=O)C(C)(C)C.I. The highest BCUT2D eigenvalue weighted by Gasteiger charge is 2.24. The molecule has 1 fully saturated rings. The lowest BCUT2D eigenvalue weighted by atomic mass is 10.2. The van der Waals surface area contributed by atoms with Crippen molar-refractivity contribution in [3.63, 3.8) is 0 Å². The lowest BCUT2D eigenvalue weighted by Gasteiger charge is -2.33. The number of morpholine rings is 1. The lowest BCUT2D eigenvalue weighted by Crippen LogP contribution is -2.42. The van der Waals surface area contributed by atoms with E-state index in [2.05, 4.69) is 41.5 Å². The number of thiophene rings is 1. The molecule has 9 heteroatoms.